The van der Waals surface area contributed by atoms with Crippen LogP contribution in [0, 0.1) is 0 Å². The zero-order valence-electron chi connectivity index (χ0n) is 17.3. The Hall–Kier alpha value is -3.26. The van der Waals surface area contributed by atoms with Crippen LogP contribution in [-0.2, 0) is 23.9 Å². The van der Waals surface area contributed by atoms with Gasteiger partial charge in [0.05, 0.1) is 11.0 Å². The third-order valence-corrected chi connectivity index (χ3v) is 4.82. The lowest BCUT2D eigenvalue weighted by Gasteiger charge is -2.23. The Morgan fingerprint density at radius 3 is 2.03 bits per heavy atom. The van der Waals surface area contributed by atoms with Gasteiger partial charge in [0.25, 0.3) is 0 Å². The summed E-state index contributed by atoms with van der Waals surface area (Å²) in [6, 6.07) is 18.3. The molecule has 0 saturated carbocycles. The molecule has 168 valence electrons. The van der Waals surface area contributed by atoms with Gasteiger partial charge in [0, 0.05) is 12.2 Å². The number of halogens is 2. The van der Waals surface area contributed by atoms with E-state index < -0.39 is 29.0 Å². The van der Waals surface area contributed by atoms with Crippen LogP contribution in [0.25, 0.3) is 12.2 Å². The topological polar surface area (TPSA) is 74.2 Å². The summed E-state index contributed by atoms with van der Waals surface area (Å²) in [5, 5.41) is 3.39. The largest absolute Gasteiger partial charge is 0.461 e. The molecule has 0 N–H and O–H groups in total. The molecule has 0 fully saturated rings. The number of oxime groups is 1. The molecule has 0 saturated heterocycles. The summed E-state index contributed by atoms with van der Waals surface area (Å²) in [6.07, 6.45) is 3.35. The van der Waals surface area contributed by atoms with Gasteiger partial charge in [0.2, 0.25) is 0 Å². The number of esters is 2. The summed E-state index contributed by atoms with van der Waals surface area (Å²) in [6.45, 7) is -0.237. The maximum absolute atomic E-state index is 14.6. The smallest absolute Gasteiger partial charge is 0.331 e. The zero-order valence-corrected chi connectivity index (χ0v) is 18.9. The zero-order chi connectivity index (χ0) is 23.2. The minimum absolute atomic E-state index is 0.237. The first-order valence-electron chi connectivity index (χ1n) is 9.68. The van der Waals surface area contributed by atoms with Gasteiger partial charge in [-0.1, -0.05) is 81.7 Å². The number of ether oxygens (including phenoxy) is 2. The van der Waals surface area contributed by atoms with Crippen molar-refractivity contribution in [2.75, 3.05) is 13.7 Å². The van der Waals surface area contributed by atoms with Crippen LogP contribution >= 0.6 is 15.9 Å². The molecule has 0 unspecified atom stereocenters. The molecule has 0 aromatic heterocycles. The second-order valence-corrected chi connectivity index (χ2v) is 7.59. The molecule has 0 bridgehead atoms. The Morgan fingerprint density at radius 2 is 1.50 bits per heavy atom. The van der Waals surface area contributed by atoms with Gasteiger partial charge in [-0.15, -0.1) is 0 Å². The van der Waals surface area contributed by atoms with Crippen LogP contribution in [-0.4, -0.2) is 49.0 Å². The van der Waals surface area contributed by atoms with Gasteiger partial charge in [-0.2, -0.15) is 0 Å². The molecule has 3 atom stereocenters. The molecule has 0 aliphatic carbocycles. The van der Waals surface area contributed by atoms with Gasteiger partial charge in [-0.25, -0.2) is 14.0 Å². The van der Waals surface area contributed by atoms with Crippen LogP contribution in [0.3, 0.4) is 0 Å². The molecule has 2 aromatic rings. The van der Waals surface area contributed by atoms with E-state index in [9.17, 15) is 14.0 Å². The number of rotatable bonds is 11. The van der Waals surface area contributed by atoms with E-state index in [1.165, 1.54) is 19.3 Å². The highest BCUT2D eigenvalue weighted by Crippen LogP contribution is 2.17. The molecule has 0 aliphatic heterocycles. The fraction of sp³-hybridized carbons (Fsp3) is 0.208. The van der Waals surface area contributed by atoms with Crippen LogP contribution < -0.4 is 0 Å². The molecule has 0 radical (unpaired) electrons. The fourth-order valence-electron chi connectivity index (χ4n) is 2.48. The fourth-order valence-corrected chi connectivity index (χ4v) is 3.01. The SMILES string of the molecule is CON=C[C@@H](F)[C@H](OC(=O)C=Cc1ccccc1)[C@@H](Br)COC(=O)C=Cc1ccccc1. The number of hydrogen-bond acceptors (Lipinski definition) is 6. The van der Waals surface area contributed by atoms with Crippen molar-refractivity contribution in [3.05, 3.63) is 83.9 Å². The summed E-state index contributed by atoms with van der Waals surface area (Å²) < 4.78 is 25.0. The summed E-state index contributed by atoms with van der Waals surface area (Å²) in [5.41, 5.74) is 1.62. The molecule has 0 amide bonds. The second-order valence-electron chi connectivity index (χ2n) is 6.42. The predicted molar refractivity (Wildman–Crippen MR) is 125 cm³/mol. The lowest BCUT2D eigenvalue weighted by Crippen LogP contribution is -2.39. The van der Waals surface area contributed by atoms with Crippen molar-refractivity contribution >= 4 is 46.2 Å². The van der Waals surface area contributed by atoms with Gasteiger partial charge in [0.15, 0.2) is 12.3 Å². The summed E-state index contributed by atoms with van der Waals surface area (Å²) in [7, 11) is 1.26. The third kappa shape index (κ3) is 9.26. The molecule has 32 heavy (non-hydrogen) atoms. The predicted octanol–water partition coefficient (Wildman–Crippen LogP) is 4.60. The minimum Gasteiger partial charge on any atom is -0.461 e. The van der Waals surface area contributed by atoms with E-state index in [1.807, 2.05) is 48.5 Å². The highest BCUT2D eigenvalue weighted by atomic mass is 79.9. The monoisotopic (exact) mass is 503 g/mol. The molecule has 8 heteroatoms. The molecule has 0 heterocycles. The lowest BCUT2D eigenvalue weighted by atomic mass is 10.1. The number of nitrogens with zero attached hydrogens (tertiary/aromatic N) is 1. The van der Waals surface area contributed by atoms with E-state index in [0.717, 1.165) is 17.3 Å². The Bertz CT molecular complexity index is 934. The number of hydrogen-bond donors (Lipinski definition) is 0. The Balaban J connectivity index is 1.97. The van der Waals surface area contributed by atoms with E-state index >= 15 is 0 Å². The third-order valence-electron chi connectivity index (χ3n) is 4.04. The minimum atomic E-state index is -1.80. The number of carbonyl (C=O) groups is 2. The maximum Gasteiger partial charge on any atom is 0.331 e. The second kappa shape index (κ2) is 13.9. The molecule has 2 rings (SSSR count). The first-order chi connectivity index (χ1) is 15.5. The van der Waals surface area contributed by atoms with Crippen molar-refractivity contribution in [2.45, 2.75) is 17.1 Å². The van der Waals surface area contributed by atoms with E-state index in [4.69, 9.17) is 9.47 Å². The van der Waals surface area contributed by atoms with Crippen molar-refractivity contribution in [1.82, 2.24) is 0 Å². The quantitative estimate of drug-likeness (QED) is 0.147. The Labute approximate surface area is 194 Å². The Kier molecular flexibility index (Phi) is 10.9. The number of alkyl halides is 2. The van der Waals surface area contributed by atoms with E-state index in [0.29, 0.717) is 0 Å². The van der Waals surface area contributed by atoms with Crippen LogP contribution in [0.2, 0.25) is 0 Å². The van der Waals surface area contributed by atoms with Crippen LogP contribution in [0.15, 0.2) is 78.0 Å². The molecule has 0 spiro atoms. The van der Waals surface area contributed by atoms with Gasteiger partial charge in [-0.05, 0) is 23.3 Å². The van der Waals surface area contributed by atoms with Crippen LogP contribution in [0.5, 0.6) is 0 Å². The van der Waals surface area contributed by atoms with Crippen LogP contribution in [0.1, 0.15) is 11.1 Å². The van der Waals surface area contributed by atoms with Crippen LogP contribution in [0.4, 0.5) is 4.39 Å². The van der Waals surface area contributed by atoms with Crippen molar-refractivity contribution in [3.8, 4) is 0 Å². The standard InChI is InChI=1S/C24H23BrFNO5/c1-30-27-16-21(26)24(32-23(29)15-13-19-10-6-3-7-11-19)20(25)17-31-22(28)14-12-18-8-4-2-5-9-18/h2-16,20-21,24H,17H2,1H3/t20-,21+,24+/m0/s1. The van der Waals surface area contributed by atoms with E-state index in [1.54, 1.807) is 24.3 Å². The molecule has 0 aliphatic rings. The summed E-state index contributed by atoms with van der Waals surface area (Å²) in [5.74, 6) is -1.37. The average Bonchev–Trinajstić information content (AvgIpc) is 2.83. The Morgan fingerprint density at radius 1 is 0.969 bits per heavy atom. The summed E-state index contributed by atoms with van der Waals surface area (Å²) in [4.78, 5) is 27.9. The highest BCUT2D eigenvalue weighted by molar-refractivity contribution is 9.09. The van der Waals surface area contributed by atoms with Crippen molar-refractivity contribution in [1.29, 1.82) is 0 Å². The first-order valence-corrected chi connectivity index (χ1v) is 10.6. The molecular formula is C24H23BrFNO5. The summed E-state index contributed by atoms with van der Waals surface area (Å²) >= 11 is 3.24. The van der Waals surface area contributed by atoms with Crippen molar-refractivity contribution in [2.24, 2.45) is 5.16 Å². The number of benzene rings is 2. The first kappa shape index (κ1) is 25.0. The normalized spacial score (nSPS) is 14.3. The van der Waals surface area contributed by atoms with Gasteiger partial charge >= 0.3 is 11.9 Å². The lowest BCUT2D eigenvalue weighted by molar-refractivity contribution is -0.146. The average molecular weight is 504 g/mol. The van der Waals surface area contributed by atoms with Gasteiger partial charge < -0.3 is 14.3 Å². The van der Waals surface area contributed by atoms with E-state index in [-0.39, 0.29) is 6.61 Å². The van der Waals surface area contributed by atoms with Crippen molar-refractivity contribution < 1.29 is 28.3 Å². The van der Waals surface area contributed by atoms with Gasteiger partial charge in [0.1, 0.15) is 13.7 Å². The molecular weight excluding hydrogens is 481 g/mol. The van der Waals surface area contributed by atoms with E-state index in [2.05, 4.69) is 25.9 Å². The molecule has 2 aromatic carbocycles. The number of carbonyl (C=O) groups excluding carboxylic acids is 2. The molecule has 6 nitrogen and oxygen atoms in total. The van der Waals surface area contributed by atoms with Gasteiger partial charge in [-0.3, -0.25) is 0 Å². The van der Waals surface area contributed by atoms with Crippen molar-refractivity contribution in [3.63, 3.8) is 0 Å². The maximum atomic E-state index is 14.6. The highest BCUT2D eigenvalue weighted by Gasteiger charge is 2.31.